The third-order valence-corrected chi connectivity index (χ3v) is 3.83. The summed E-state index contributed by atoms with van der Waals surface area (Å²) in [4.78, 5) is 6.74. The van der Waals surface area contributed by atoms with Gasteiger partial charge in [0.05, 0.1) is 19.4 Å². The van der Waals surface area contributed by atoms with Crippen molar-refractivity contribution in [3.63, 3.8) is 0 Å². The van der Waals surface area contributed by atoms with Gasteiger partial charge in [-0.3, -0.25) is 4.99 Å². The van der Waals surface area contributed by atoms with Crippen LogP contribution in [0.25, 0.3) is 0 Å². The SMILES string of the molecule is CCNC(=NCC(C)(C)N(C)C)NCC(C)(O)c1ccco1.I. The Hall–Kier alpha value is -0.800. The molecule has 1 rings (SSSR count). The summed E-state index contributed by atoms with van der Waals surface area (Å²) in [5, 5.41) is 16.8. The van der Waals surface area contributed by atoms with E-state index in [-0.39, 0.29) is 29.5 Å². The lowest BCUT2D eigenvalue weighted by molar-refractivity contribution is 0.0385. The maximum absolute atomic E-state index is 10.5. The van der Waals surface area contributed by atoms with Crippen molar-refractivity contribution in [3.8, 4) is 0 Å². The first-order chi connectivity index (χ1) is 10.2. The van der Waals surface area contributed by atoms with E-state index in [2.05, 4.69) is 34.4 Å². The Morgan fingerprint density at radius 1 is 1.30 bits per heavy atom. The third kappa shape index (κ3) is 7.09. The number of hydrogen-bond donors (Lipinski definition) is 3. The van der Waals surface area contributed by atoms with Crippen LogP contribution < -0.4 is 10.6 Å². The fraction of sp³-hybridized carbons (Fsp3) is 0.688. The van der Waals surface area contributed by atoms with Crippen molar-refractivity contribution in [1.82, 2.24) is 15.5 Å². The van der Waals surface area contributed by atoms with Gasteiger partial charge < -0.3 is 25.1 Å². The maximum Gasteiger partial charge on any atom is 0.191 e. The number of likely N-dealkylation sites (N-methyl/N-ethyl adjacent to an activating group) is 1. The first kappa shape index (κ1) is 22.2. The first-order valence-corrected chi connectivity index (χ1v) is 7.65. The first-order valence-electron chi connectivity index (χ1n) is 7.65. The maximum atomic E-state index is 10.5. The fourth-order valence-corrected chi connectivity index (χ4v) is 1.68. The molecule has 0 aliphatic carbocycles. The molecule has 0 amide bonds. The molecule has 134 valence electrons. The summed E-state index contributed by atoms with van der Waals surface area (Å²) in [5.41, 5.74) is -1.12. The molecule has 0 aliphatic rings. The van der Waals surface area contributed by atoms with Crippen LogP contribution in [-0.4, -0.2) is 55.2 Å². The molecule has 0 radical (unpaired) electrons. The van der Waals surface area contributed by atoms with Gasteiger partial charge in [0.2, 0.25) is 0 Å². The van der Waals surface area contributed by atoms with Crippen LogP contribution in [0.15, 0.2) is 27.8 Å². The predicted octanol–water partition coefficient (Wildman–Crippen LogP) is 2.00. The van der Waals surface area contributed by atoms with E-state index in [1.165, 1.54) is 0 Å². The van der Waals surface area contributed by atoms with Crippen molar-refractivity contribution in [2.45, 2.75) is 38.8 Å². The lowest BCUT2D eigenvalue weighted by Gasteiger charge is -2.31. The minimum Gasteiger partial charge on any atom is -0.466 e. The second-order valence-corrected chi connectivity index (χ2v) is 6.51. The van der Waals surface area contributed by atoms with Gasteiger partial charge in [-0.15, -0.1) is 24.0 Å². The van der Waals surface area contributed by atoms with Crippen LogP contribution in [0.2, 0.25) is 0 Å². The third-order valence-electron chi connectivity index (χ3n) is 3.83. The van der Waals surface area contributed by atoms with Crippen molar-refractivity contribution in [2.24, 2.45) is 4.99 Å². The van der Waals surface area contributed by atoms with Gasteiger partial charge in [0.15, 0.2) is 5.96 Å². The van der Waals surface area contributed by atoms with E-state index >= 15 is 0 Å². The Kier molecular flexibility index (Phi) is 9.15. The Labute approximate surface area is 156 Å². The Morgan fingerprint density at radius 3 is 2.43 bits per heavy atom. The van der Waals surface area contributed by atoms with E-state index in [1.807, 2.05) is 21.0 Å². The highest BCUT2D eigenvalue weighted by Crippen LogP contribution is 2.19. The molecule has 0 saturated heterocycles. The highest BCUT2D eigenvalue weighted by atomic mass is 127. The molecule has 1 aromatic heterocycles. The summed E-state index contributed by atoms with van der Waals surface area (Å²) in [7, 11) is 4.08. The lowest BCUT2D eigenvalue weighted by atomic mass is 10.0. The van der Waals surface area contributed by atoms with Gasteiger partial charge >= 0.3 is 0 Å². The molecular weight excluding hydrogens is 407 g/mol. The number of hydrogen-bond acceptors (Lipinski definition) is 4. The van der Waals surface area contributed by atoms with E-state index in [9.17, 15) is 5.11 Å². The lowest BCUT2D eigenvalue weighted by Crippen LogP contribution is -2.46. The monoisotopic (exact) mass is 438 g/mol. The van der Waals surface area contributed by atoms with Crippen LogP contribution in [0.5, 0.6) is 0 Å². The number of furan rings is 1. The number of aliphatic hydroxyl groups is 1. The second-order valence-electron chi connectivity index (χ2n) is 6.51. The van der Waals surface area contributed by atoms with Crippen LogP contribution in [0.4, 0.5) is 0 Å². The zero-order chi connectivity index (χ0) is 16.8. The Balaban J connectivity index is 0.00000484. The molecule has 0 aromatic carbocycles. The van der Waals surface area contributed by atoms with Gasteiger partial charge in [-0.1, -0.05) is 0 Å². The molecule has 3 N–H and O–H groups in total. The summed E-state index contributed by atoms with van der Waals surface area (Å²) in [6.45, 7) is 9.73. The number of nitrogens with one attached hydrogen (secondary N) is 2. The van der Waals surface area contributed by atoms with Gasteiger partial charge in [0.1, 0.15) is 11.4 Å². The fourth-order valence-electron chi connectivity index (χ4n) is 1.68. The molecule has 0 aliphatic heterocycles. The van der Waals surface area contributed by atoms with E-state index in [1.54, 1.807) is 25.3 Å². The second kappa shape index (κ2) is 9.48. The van der Waals surface area contributed by atoms with E-state index < -0.39 is 5.60 Å². The Bertz CT molecular complexity index is 470. The number of rotatable bonds is 7. The van der Waals surface area contributed by atoms with Crippen LogP contribution in [-0.2, 0) is 5.60 Å². The summed E-state index contributed by atoms with van der Waals surface area (Å²) in [6, 6.07) is 3.53. The zero-order valence-corrected chi connectivity index (χ0v) is 17.3. The van der Waals surface area contributed by atoms with Crippen LogP contribution >= 0.6 is 24.0 Å². The van der Waals surface area contributed by atoms with Gasteiger partial charge in [-0.05, 0) is 53.9 Å². The van der Waals surface area contributed by atoms with E-state index in [4.69, 9.17) is 4.42 Å². The molecule has 23 heavy (non-hydrogen) atoms. The summed E-state index contributed by atoms with van der Waals surface area (Å²) in [6.07, 6.45) is 1.56. The number of halogens is 1. The highest BCUT2D eigenvalue weighted by molar-refractivity contribution is 14.0. The van der Waals surface area contributed by atoms with Gasteiger partial charge in [0, 0.05) is 12.1 Å². The quantitative estimate of drug-likeness (QED) is 0.345. The molecule has 1 unspecified atom stereocenters. The van der Waals surface area contributed by atoms with Crippen LogP contribution in [0.1, 0.15) is 33.5 Å². The smallest absolute Gasteiger partial charge is 0.191 e. The molecule has 0 spiro atoms. The summed E-state index contributed by atoms with van der Waals surface area (Å²) < 4.78 is 5.28. The molecule has 1 heterocycles. The minimum atomic E-state index is -1.09. The molecule has 7 heteroatoms. The van der Waals surface area contributed by atoms with E-state index in [0.29, 0.717) is 24.8 Å². The number of nitrogens with zero attached hydrogens (tertiary/aromatic N) is 2. The van der Waals surface area contributed by atoms with Gasteiger partial charge in [-0.2, -0.15) is 0 Å². The predicted molar refractivity (Wildman–Crippen MR) is 105 cm³/mol. The normalized spacial score (nSPS) is 15.0. The van der Waals surface area contributed by atoms with Crippen molar-refractivity contribution in [3.05, 3.63) is 24.2 Å². The van der Waals surface area contributed by atoms with Crippen molar-refractivity contribution in [2.75, 3.05) is 33.7 Å². The van der Waals surface area contributed by atoms with Gasteiger partial charge in [0.25, 0.3) is 0 Å². The molecule has 1 aromatic rings. The average Bonchev–Trinajstić information content (AvgIpc) is 2.96. The Morgan fingerprint density at radius 2 is 1.96 bits per heavy atom. The minimum absolute atomic E-state index is 0. The molecule has 1 atom stereocenters. The summed E-state index contributed by atoms with van der Waals surface area (Å²) in [5.74, 6) is 1.22. The summed E-state index contributed by atoms with van der Waals surface area (Å²) >= 11 is 0. The standard InChI is InChI=1S/C16H30N4O2.HI/c1-7-17-14(18-11-15(2,3)20(5)6)19-12-16(4,21)13-9-8-10-22-13;/h8-10,21H,7,11-12H2,1-6H3,(H2,17,18,19);1H. The number of guanidine groups is 1. The largest absolute Gasteiger partial charge is 0.466 e. The average molecular weight is 438 g/mol. The van der Waals surface area contributed by atoms with Crippen molar-refractivity contribution in [1.29, 1.82) is 0 Å². The highest BCUT2D eigenvalue weighted by Gasteiger charge is 2.26. The van der Waals surface area contributed by atoms with E-state index in [0.717, 1.165) is 6.54 Å². The number of aliphatic imine (C=N–C) groups is 1. The topological polar surface area (TPSA) is 73.0 Å². The van der Waals surface area contributed by atoms with Crippen LogP contribution in [0, 0.1) is 0 Å². The molecular formula is C16H31IN4O2. The molecule has 6 nitrogen and oxygen atoms in total. The molecule has 0 saturated carbocycles. The van der Waals surface area contributed by atoms with Crippen molar-refractivity contribution < 1.29 is 9.52 Å². The zero-order valence-electron chi connectivity index (χ0n) is 15.0. The van der Waals surface area contributed by atoms with Crippen molar-refractivity contribution >= 4 is 29.9 Å². The van der Waals surface area contributed by atoms with Crippen LogP contribution in [0.3, 0.4) is 0 Å². The molecule has 0 fully saturated rings. The molecule has 0 bridgehead atoms. The van der Waals surface area contributed by atoms with Gasteiger partial charge in [-0.25, -0.2) is 0 Å².